The zero-order valence-corrected chi connectivity index (χ0v) is 60.2. The number of aryl methyl sites for hydroxylation is 2. The van der Waals surface area contributed by atoms with Crippen LogP contribution in [0.25, 0.3) is 0 Å². The fourth-order valence-corrected chi connectivity index (χ4v) is 15.5. The molecule has 1 aliphatic heterocycles. The monoisotopic (exact) mass is 1610 g/mol. The van der Waals surface area contributed by atoms with Crippen molar-refractivity contribution in [2.24, 2.45) is 0 Å². The number of alkyl halides is 4. The van der Waals surface area contributed by atoms with Gasteiger partial charge in [-0.1, -0.05) is 245 Å². The van der Waals surface area contributed by atoms with Gasteiger partial charge >= 0.3 is 116 Å². The molecule has 0 aromatic heterocycles. The number of benzene rings is 8. The average molecular weight is 1610 g/mol. The molecule has 0 aliphatic carbocycles. The molecule has 1 saturated heterocycles. The van der Waals surface area contributed by atoms with E-state index < -0.39 is 53.1 Å². The minimum absolute atomic E-state index is 0. The minimum atomic E-state index is -10.7. The first kappa shape index (κ1) is 87.4. The quantitative estimate of drug-likeness (QED) is 0.0471. The van der Waals surface area contributed by atoms with Crippen LogP contribution in [0.3, 0.4) is 0 Å². The van der Waals surface area contributed by atoms with Crippen LogP contribution in [0.4, 0.5) is 50.4 Å². The molecule has 1 aliphatic rings. The molecule has 0 bridgehead atoms. The molecular formula is C62H70Cl4F12O2P4Ru2S2. The van der Waals surface area contributed by atoms with Crippen molar-refractivity contribution < 1.29 is 144 Å². The number of rotatable bonds is 14. The van der Waals surface area contributed by atoms with Crippen LogP contribution in [-0.2, 0) is 60.6 Å². The van der Waals surface area contributed by atoms with Crippen molar-refractivity contribution in [1.29, 1.82) is 0 Å². The Kier molecular flexibility index (Phi) is 39.5. The van der Waals surface area contributed by atoms with E-state index in [-0.39, 0.29) is 63.8 Å². The Morgan fingerprint density at radius 1 is 0.364 bits per heavy atom. The van der Waals surface area contributed by atoms with Gasteiger partial charge < -0.3 is 24.8 Å². The molecule has 0 amide bonds. The van der Waals surface area contributed by atoms with Gasteiger partial charge in [-0.15, -0.1) is 0 Å². The maximum atomic E-state index is 12.5. The van der Waals surface area contributed by atoms with E-state index >= 15 is 0 Å². The van der Waals surface area contributed by atoms with Crippen LogP contribution in [0, 0.1) is 35.4 Å². The SMILES string of the molecule is C1[Cl+]C[Cl+]1.Cc1ccc(C(C)C)cc1.Cc1ccc(C(C)C)cc1.F[P-](F)(F)(F)(F)F.F[P-](F)(F)(F)(F)F.O=[S@@](CCP(c1ccccc1)c1ccccc1)c1ccccc1.O=[S@](CCP(c1ccccc1)c1ccccc1)c1ccccc1.[Cl-].[Cl-].[Ru+].[Ru+]. The van der Waals surface area contributed by atoms with Crippen molar-refractivity contribution in [2.75, 3.05) is 34.5 Å². The Morgan fingerprint density at radius 3 is 0.716 bits per heavy atom. The molecule has 0 N–H and O–H groups in total. The van der Waals surface area contributed by atoms with E-state index in [1.165, 1.54) is 54.2 Å². The normalized spacial score (nSPS) is 13.5. The fraction of sp³-hybridized carbons (Fsp3) is 0.226. The Labute approximate surface area is 564 Å². The molecule has 2 radical (unpaired) electrons. The van der Waals surface area contributed by atoms with E-state index in [9.17, 15) is 58.8 Å². The van der Waals surface area contributed by atoms with Gasteiger partial charge in [-0.2, -0.15) is 0 Å². The van der Waals surface area contributed by atoms with Gasteiger partial charge in [0, 0.05) is 21.3 Å². The Balaban J connectivity index is 0. The molecule has 2 atom stereocenters. The van der Waals surface area contributed by atoms with Gasteiger partial charge in [0.1, 0.15) is 0 Å². The predicted molar refractivity (Wildman–Crippen MR) is 331 cm³/mol. The van der Waals surface area contributed by atoms with Crippen molar-refractivity contribution in [3.05, 3.63) is 253 Å². The van der Waals surface area contributed by atoms with Gasteiger partial charge in [0.25, 0.3) is 21.6 Å². The first-order valence-electron chi connectivity index (χ1n) is 25.9. The van der Waals surface area contributed by atoms with Crippen molar-refractivity contribution in [3.8, 4) is 0 Å². The smallest absolute Gasteiger partial charge is 1.00 e. The molecule has 88 heavy (non-hydrogen) atoms. The molecular weight excluding hydrogens is 1540 g/mol. The number of hydrogen-bond donors (Lipinski definition) is 0. The molecule has 8 aromatic rings. The van der Waals surface area contributed by atoms with Gasteiger partial charge in [0.05, 0.1) is 21.6 Å². The molecule has 490 valence electrons. The Morgan fingerprint density at radius 2 is 0.545 bits per heavy atom. The third-order valence-corrected chi connectivity index (χ3v) is 21.7. The van der Waals surface area contributed by atoms with Gasteiger partial charge in [-0.3, -0.25) is 8.42 Å². The zero-order chi connectivity index (χ0) is 62.6. The maximum Gasteiger partial charge on any atom is 1.00 e. The van der Waals surface area contributed by atoms with Gasteiger partial charge in [-0.25, -0.2) is 0 Å². The molecule has 0 unspecified atom stereocenters. The second-order valence-electron chi connectivity index (χ2n) is 19.0. The zero-order valence-electron chi connectivity index (χ0n) is 48.5. The summed E-state index contributed by atoms with van der Waals surface area (Å²) in [5.74, 6) is 2.69. The molecule has 0 saturated carbocycles. The molecule has 2 nitrogen and oxygen atoms in total. The first-order valence-corrected chi connectivity index (χ1v) is 37.8. The summed E-state index contributed by atoms with van der Waals surface area (Å²) in [4.78, 5) is 1.84. The summed E-state index contributed by atoms with van der Waals surface area (Å²) in [5, 5.41) is 7.83. The maximum absolute atomic E-state index is 12.5. The van der Waals surface area contributed by atoms with Gasteiger partial charge in [0.2, 0.25) is 0 Å². The molecule has 9 rings (SSSR count). The largest absolute Gasteiger partial charge is 1.00 e. The van der Waals surface area contributed by atoms with E-state index in [0.29, 0.717) is 23.3 Å². The van der Waals surface area contributed by atoms with Gasteiger partial charge in [-0.05, 0) is 110 Å². The summed E-state index contributed by atoms with van der Waals surface area (Å²) in [6, 6.07) is 79.3. The van der Waals surface area contributed by atoms with E-state index in [2.05, 4.69) is 209 Å². The van der Waals surface area contributed by atoms with Crippen LogP contribution >= 0.6 is 31.5 Å². The summed E-state index contributed by atoms with van der Waals surface area (Å²) in [5.41, 5.74) is 5.52. The van der Waals surface area contributed by atoms with Crippen LogP contribution in [0.1, 0.15) is 61.8 Å². The summed E-state index contributed by atoms with van der Waals surface area (Å²) in [6.07, 6.45) is 1.87. The standard InChI is InChI=1S/2C20H19OPS.2C10H14.C2H4Cl2.2ClH.2F6P.2Ru/c2*21-23(20-14-8-3-9-15-20)17-16-22(18-10-4-1-5-11-18)19-12-6-2-7-13-19;2*1-8(2)10-6-4-9(3)5-7-10;1-3-2-4-1;;;2*1-7(2,3,4,5)6;;/h2*1-15H,16-17H2;2*4-8H,1-3H3;1-2H2;2*1H;;;;/q;;;;+2;;;2*-1;2*+1/p-2/t2*23-;;;;;;;;;/m10........./s1. The van der Waals surface area contributed by atoms with E-state index in [1.807, 2.05) is 84.9 Å². The van der Waals surface area contributed by atoms with E-state index in [4.69, 9.17) is 0 Å². The van der Waals surface area contributed by atoms with Crippen molar-refractivity contribution in [3.63, 3.8) is 0 Å². The Hall–Kier alpha value is -2.65. The fourth-order valence-electron chi connectivity index (χ4n) is 6.95. The van der Waals surface area contributed by atoms with Gasteiger partial charge in [0.15, 0.2) is 0 Å². The summed E-state index contributed by atoms with van der Waals surface area (Å²) >= 11 is 0. The Bertz CT molecular complexity index is 2850. The van der Waals surface area contributed by atoms with Crippen LogP contribution < -0.4 is 46.0 Å². The van der Waals surface area contributed by atoms with E-state index in [1.54, 1.807) is 0 Å². The summed E-state index contributed by atoms with van der Waals surface area (Å²) < 4.78 is 143. The van der Waals surface area contributed by atoms with Crippen LogP contribution in [0.5, 0.6) is 0 Å². The molecule has 26 heteroatoms. The third-order valence-electron chi connectivity index (χ3n) is 11.1. The third kappa shape index (κ3) is 45.6. The second-order valence-corrected chi connectivity index (χ2v) is 33.0. The predicted octanol–water partition coefficient (Wildman–Crippen LogP) is 14.9. The molecule has 8 aromatic carbocycles. The molecule has 1 heterocycles. The van der Waals surface area contributed by atoms with Crippen LogP contribution in [0.15, 0.2) is 240 Å². The van der Waals surface area contributed by atoms with Crippen molar-refractivity contribution in [1.82, 2.24) is 0 Å². The second kappa shape index (κ2) is 39.8. The molecule has 0 spiro atoms. The average Bonchev–Trinajstić information content (AvgIpc) is 2.01. The first-order chi connectivity index (χ1) is 39.0. The number of halogens is 16. The van der Waals surface area contributed by atoms with Crippen LogP contribution in [-0.4, -0.2) is 42.9 Å². The summed E-state index contributed by atoms with van der Waals surface area (Å²) in [6.45, 7) is 13.1. The number of hydrogen-bond acceptors (Lipinski definition) is 2. The molecule has 1 fully saturated rings. The summed E-state index contributed by atoms with van der Waals surface area (Å²) in [7, 11) is -19.5. The topological polar surface area (TPSA) is 34.1 Å². The minimum Gasteiger partial charge on any atom is -1.00 e. The van der Waals surface area contributed by atoms with Crippen LogP contribution in [0.2, 0.25) is 0 Å². The van der Waals surface area contributed by atoms with Crippen molar-refractivity contribution >= 4 is 74.3 Å². The van der Waals surface area contributed by atoms with Crippen molar-refractivity contribution in [2.45, 2.75) is 63.2 Å². The van der Waals surface area contributed by atoms with E-state index in [0.717, 1.165) is 22.1 Å².